The first-order valence-corrected chi connectivity index (χ1v) is 8.04. The van der Waals surface area contributed by atoms with E-state index in [1.807, 2.05) is 24.5 Å². The molecule has 0 radical (unpaired) electrons. The first-order chi connectivity index (χ1) is 9.57. The molecule has 2 aliphatic rings. The van der Waals surface area contributed by atoms with Gasteiger partial charge in [-0.25, -0.2) is 0 Å². The Morgan fingerprint density at radius 3 is 2.75 bits per heavy atom. The van der Waals surface area contributed by atoms with Crippen molar-refractivity contribution in [3.05, 3.63) is 29.3 Å². The quantitative estimate of drug-likeness (QED) is 0.930. The monoisotopic (exact) mass is 290 g/mol. The minimum Gasteiger partial charge on any atom is -0.337 e. The fraction of sp³-hybridized carbons (Fsp3) is 0.467. The molecule has 5 heteroatoms. The maximum Gasteiger partial charge on any atom is 0.254 e. The largest absolute Gasteiger partial charge is 0.337 e. The van der Waals surface area contributed by atoms with E-state index in [9.17, 15) is 9.59 Å². The van der Waals surface area contributed by atoms with Crippen LogP contribution < -0.4 is 5.32 Å². The van der Waals surface area contributed by atoms with Crippen LogP contribution in [0.25, 0.3) is 0 Å². The molecule has 2 amide bonds. The second-order valence-corrected chi connectivity index (χ2v) is 6.69. The van der Waals surface area contributed by atoms with Gasteiger partial charge < -0.3 is 10.2 Å². The molecule has 1 N–H and O–H groups in total. The molecule has 1 saturated carbocycles. The molecule has 1 heterocycles. The zero-order valence-corrected chi connectivity index (χ0v) is 12.5. The van der Waals surface area contributed by atoms with Crippen LogP contribution in [-0.4, -0.2) is 34.8 Å². The van der Waals surface area contributed by atoms with E-state index >= 15 is 0 Å². The third-order valence-electron chi connectivity index (χ3n) is 4.36. The van der Waals surface area contributed by atoms with E-state index in [2.05, 4.69) is 5.32 Å². The normalized spacial score (nSPS) is 19.5. The molecular formula is C15H18N2O2S. The molecule has 0 aromatic heterocycles. The summed E-state index contributed by atoms with van der Waals surface area (Å²) in [6.45, 7) is 0.566. The van der Waals surface area contributed by atoms with Crippen molar-refractivity contribution in [3.8, 4) is 0 Å². The molecule has 1 aliphatic heterocycles. The predicted octanol–water partition coefficient (Wildman–Crippen LogP) is 2.50. The standard InChI is InChI=1S/C15H18N2O2S/c1-17-9-11-10(13(17)18)5-3-6-12(11)16-14(19)15(20-2)7-4-8-15/h3,5-6H,4,7-9H2,1-2H3,(H,16,19). The first-order valence-electron chi connectivity index (χ1n) is 6.81. The van der Waals surface area contributed by atoms with Gasteiger partial charge in [0.2, 0.25) is 5.91 Å². The van der Waals surface area contributed by atoms with Gasteiger partial charge in [0.15, 0.2) is 0 Å². The van der Waals surface area contributed by atoms with Crippen molar-refractivity contribution >= 4 is 29.3 Å². The topological polar surface area (TPSA) is 49.4 Å². The average molecular weight is 290 g/mol. The van der Waals surface area contributed by atoms with Crippen LogP contribution in [0.3, 0.4) is 0 Å². The van der Waals surface area contributed by atoms with E-state index in [1.54, 1.807) is 23.7 Å². The summed E-state index contributed by atoms with van der Waals surface area (Å²) in [5.74, 6) is 0.103. The van der Waals surface area contributed by atoms with Gasteiger partial charge in [0.05, 0.1) is 4.75 Å². The Hall–Kier alpha value is -1.49. The molecule has 0 atom stereocenters. The van der Waals surface area contributed by atoms with Crippen LogP contribution in [-0.2, 0) is 11.3 Å². The van der Waals surface area contributed by atoms with E-state index in [0.29, 0.717) is 12.1 Å². The Balaban J connectivity index is 1.86. The Labute approximate surface area is 122 Å². The zero-order valence-electron chi connectivity index (χ0n) is 11.7. The van der Waals surface area contributed by atoms with Crippen molar-refractivity contribution in [1.29, 1.82) is 0 Å². The smallest absolute Gasteiger partial charge is 0.254 e. The van der Waals surface area contributed by atoms with Crippen molar-refractivity contribution in [3.63, 3.8) is 0 Å². The third kappa shape index (κ3) is 1.92. The fourth-order valence-corrected chi connectivity index (χ4v) is 3.78. The highest BCUT2D eigenvalue weighted by Crippen LogP contribution is 2.44. The van der Waals surface area contributed by atoms with Crippen LogP contribution in [0.5, 0.6) is 0 Å². The number of hydrogen-bond acceptors (Lipinski definition) is 3. The summed E-state index contributed by atoms with van der Waals surface area (Å²) in [5.41, 5.74) is 2.42. The molecule has 3 rings (SSSR count). The fourth-order valence-electron chi connectivity index (χ4n) is 2.85. The summed E-state index contributed by atoms with van der Waals surface area (Å²) in [6, 6.07) is 5.54. The number of rotatable bonds is 3. The number of amides is 2. The number of anilines is 1. The maximum absolute atomic E-state index is 12.5. The van der Waals surface area contributed by atoms with Crippen molar-refractivity contribution in [2.75, 3.05) is 18.6 Å². The SMILES string of the molecule is CSC1(C(=O)Nc2cccc3c2CN(C)C3=O)CCC1. The maximum atomic E-state index is 12.5. The van der Waals surface area contributed by atoms with Gasteiger partial charge in [-0.2, -0.15) is 0 Å². The van der Waals surface area contributed by atoms with Crippen LogP contribution in [0, 0.1) is 0 Å². The van der Waals surface area contributed by atoms with Gasteiger partial charge in [-0.05, 0) is 37.7 Å². The highest BCUT2D eigenvalue weighted by molar-refractivity contribution is 8.00. The molecule has 4 nitrogen and oxygen atoms in total. The Bertz CT molecular complexity index is 576. The van der Waals surface area contributed by atoms with Crippen LogP contribution in [0.2, 0.25) is 0 Å². The van der Waals surface area contributed by atoms with Crippen molar-refractivity contribution in [2.24, 2.45) is 0 Å². The number of nitrogens with zero attached hydrogens (tertiary/aromatic N) is 1. The van der Waals surface area contributed by atoms with E-state index < -0.39 is 0 Å². The molecule has 0 bridgehead atoms. The Kier molecular flexibility index (Phi) is 3.24. The second kappa shape index (κ2) is 4.81. The lowest BCUT2D eigenvalue weighted by Crippen LogP contribution is -2.45. The summed E-state index contributed by atoms with van der Waals surface area (Å²) in [5, 5.41) is 3.04. The van der Waals surface area contributed by atoms with Crippen molar-refractivity contribution in [1.82, 2.24) is 4.90 Å². The summed E-state index contributed by atoms with van der Waals surface area (Å²) >= 11 is 1.63. The minimum absolute atomic E-state index is 0.0272. The van der Waals surface area contributed by atoms with E-state index in [4.69, 9.17) is 0 Å². The van der Waals surface area contributed by atoms with Gasteiger partial charge in [0.25, 0.3) is 5.91 Å². The van der Waals surface area contributed by atoms with Gasteiger partial charge in [-0.1, -0.05) is 6.07 Å². The first kappa shape index (κ1) is 13.5. The number of nitrogens with one attached hydrogen (secondary N) is 1. The molecule has 20 heavy (non-hydrogen) atoms. The summed E-state index contributed by atoms with van der Waals surface area (Å²) < 4.78 is -0.267. The molecule has 0 saturated heterocycles. The number of thioether (sulfide) groups is 1. The third-order valence-corrected chi connectivity index (χ3v) is 5.74. The van der Waals surface area contributed by atoms with E-state index in [0.717, 1.165) is 30.5 Å². The summed E-state index contributed by atoms with van der Waals surface area (Å²) in [7, 11) is 1.78. The van der Waals surface area contributed by atoms with Crippen LogP contribution in [0.15, 0.2) is 18.2 Å². The van der Waals surface area contributed by atoms with Gasteiger partial charge >= 0.3 is 0 Å². The van der Waals surface area contributed by atoms with Gasteiger partial charge in [0.1, 0.15) is 0 Å². The second-order valence-electron chi connectivity index (χ2n) is 5.50. The molecule has 0 unspecified atom stereocenters. The summed E-state index contributed by atoms with van der Waals surface area (Å²) in [6.07, 6.45) is 4.98. The van der Waals surface area contributed by atoms with E-state index in [1.165, 1.54) is 0 Å². The molecule has 1 fully saturated rings. The average Bonchev–Trinajstić information content (AvgIpc) is 2.67. The number of benzene rings is 1. The van der Waals surface area contributed by atoms with Crippen molar-refractivity contribution < 1.29 is 9.59 Å². The predicted molar refractivity (Wildman–Crippen MR) is 81.0 cm³/mol. The number of hydrogen-bond donors (Lipinski definition) is 1. The number of fused-ring (bicyclic) bond motifs is 1. The number of carbonyl (C=O) groups is 2. The lowest BCUT2D eigenvalue weighted by atomic mass is 9.83. The lowest BCUT2D eigenvalue weighted by Gasteiger charge is -2.38. The summed E-state index contributed by atoms with van der Waals surface area (Å²) in [4.78, 5) is 26.1. The highest BCUT2D eigenvalue weighted by Gasteiger charge is 2.43. The van der Waals surface area contributed by atoms with Crippen LogP contribution in [0.4, 0.5) is 5.69 Å². The van der Waals surface area contributed by atoms with Gasteiger partial charge in [-0.3, -0.25) is 9.59 Å². The van der Waals surface area contributed by atoms with Gasteiger partial charge in [-0.15, -0.1) is 11.8 Å². The van der Waals surface area contributed by atoms with Crippen LogP contribution >= 0.6 is 11.8 Å². The highest BCUT2D eigenvalue weighted by atomic mass is 32.2. The molecule has 0 spiro atoms. The zero-order chi connectivity index (χ0) is 14.3. The molecule has 1 aromatic rings. The molecule has 106 valence electrons. The van der Waals surface area contributed by atoms with Gasteiger partial charge in [0, 0.05) is 30.4 Å². The molecular weight excluding hydrogens is 272 g/mol. The van der Waals surface area contributed by atoms with E-state index in [-0.39, 0.29) is 16.6 Å². The molecule has 1 aliphatic carbocycles. The van der Waals surface area contributed by atoms with Crippen LogP contribution in [0.1, 0.15) is 35.2 Å². The minimum atomic E-state index is -0.267. The van der Waals surface area contributed by atoms with Crippen molar-refractivity contribution in [2.45, 2.75) is 30.6 Å². The number of carbonyl (C=O) groups excluding carboxylic acids is 2. The lowest BCUT2D eigenvalue weighted by molar-refractivity contribution is -0.120. The Morgan fingerprint density at radius 1 is 1.40 bits per heavy atom. The Morgan fingerprint density at radius 2 is 2.15 bits per heavy atom. The molecule has 1 aromatic carbocycles.